The fraction of sp³-hybridized carbons (Fsp3) is 0.895. The van der Waals surface area contributed by atoms with E-state index in [-0.39, 0.29) is 5.60 Å². The lowest BCUT2D eigenvalue weighted by Crippen LogP contribution is -2.51. The van der Waals surface area contributed by atoms with Crippen molar-refractivity contribution in [3.05, 3.63) is 0 Å². The number of ether oxygens (including phenoxy) is 2. The first-order chi connectivity index (χ1) is 13.7. The van der Waals surface area contributed by atoms with Crippen LogP contribution in [0.25, 0.3) is 0 Å². The summed E-state index contributed by atoms with van der Waals surface area (Å²) in [6.07, 6.45) is 2.20. The Morgan fingerprint density at radius 1 is 1.10 bits per heavy atom. The van der Waals surface area contributed by atoms with Crippen LogP contribution in [0.5, 0.6) is 0 Å². The van der Waals surface area contributed by atoms with Crippen LogP contribution >= 0.6 is 0 Å². The Bertz CT molecular complexity index is 597. The minimum absolute atomic E-state index is 0.00406. The van der Waals surface area contributed by atoms with E-state index in [0.717, 1.165) is 84.4 Å². The third kappa shape index (κ3) is 5.61. The molecule has 0 aromatic rings. The van der Waals surface area contributed by atoms with Gasteiger partial charge in [-0.3, -0.25) is 9.69 Å². The van der Waals surface area contributed by atoms with Crippen molar-refractivity contribution in [2.24, 2.45) is 0 Å². The Kier molecular flexibility index (Phi) is 7.06. The van der Waals surface area contributed by atoms with Gasteiger partial charge in [-0.1, -0.05) is 0 Å². The highest BCUT2D eigenvalue weighted by molar-refractivity contribution is 5.78. The molecule has 0 unspecified atom stereocenters. The second-order valence-corrected chi connectivity index (χ2v) is 8.24. The van der Waals surface area contributed by atoms with Gasteiger partial charge in [0.05, 0.1) is 5.60 Å². The Labute approximate surface area is 168 Å². The third-order valence-electron chi connectivity index (χ3n) is 6.31. The number of hydrogen-bond donors (Lipinski definition) is 1. The zero-order chi connectivity index (χ0) is 21.1. The number of alkyl halides is 3. The normalized spacial score (nSPS) is 31.8. The molecule has 4 fully saturated rings. The predicted molar refractivity (Wildman–Crippen MR) is 96.4 cm³/mol. The van der Waals surface area contributed by atoms with Crippen molar-refractivity contribution in [3.8, 4) is 0 Å². The third-order valence-corrected chi connectivity index (χ3v) is 6.31. The summed E-state index contributed by atoms with van der Waals surface area (Å²) in [7, 11) is 0. The molecule has 7 nitrogen and oxygen atoms in total. The van der Waals surface area contributed by atoms with E-state index < -0.39 is 12.1 Å². The second-order valence-electron chi connectivity index (χ2n) is 8.24. The Morgan fingerprint density at radius 2 is 1.76 bits per heavy atom. The van der Waals surface area contributed by atoms with E-state index in [0.29, 0.717) is 18.0 Å². The second kappa shape index (κ2) is 9.18. The SMILES string of the molecule is O=C(O)C(F)(F)F.O=C1CCCN1[C@@H]1CCO[C@]2(CCN(C3CCOCC3)C2)C1. The monoisotopic (exact) mass is 422 g/mol. The summed E-state index contributed by atoms with van der Waals surface area (Å²) >= 11 is 0. The van der Waals surface area contributed by atoms with Gasteiger partial charge in [0.25, 0.3) is 0 Å². The number of nitrogens with zero attached hydrogens (tertiary/aromatic N) is 2. The molecule has 0 aromatic carbocycles. The van der Waals surface area contributed by atoms with E-state index in [9.17, 15) is 18.0 Å². The average Bonchev–Trinajstić information content (AvgIpc) is 3.29. The van der Waals surface area contributed by atoms with Gasteiger partial charge in [-0.15, -0.1) is 0 Å². The maximum atomic E-state index is 12.0. The molecular formula is C19H29F3N2O5. The first-order valence-electron chi connectivity index (χ1n) is 10.3. The number of carboxylic acids is 1. The average molecular weight is 422 g/mol. The minimum atomic E-state index is -5.08. The number of halogens is 3. The summed E-state index contributed by atoms with van der Waals surface area (Å²) in [6, 6.07) is 1.09. The zero-order valence-electron chi connectivity index (χ0n) is 16.5. The van der Waals surface area contributed by atoms with Crippen molar-refractivity contribution in [2.75, 3.05) is 39.5 Å². The van der Waals surface area contributed by atoms with Gasteiger partial charge in [0, 0.05) is 58.0 Å². The smallest absolute Gasteiger partial charge is 0.475 e. The molecule has 0 aromatic heterocycles. The highest BCUT2D eigenvalue weighted by Crippen LogP contribution is 2.38. The van der Waals surface area contributed by atoms with Gasteiger partial charge in [-0.05, 0) is 38.5 Å². The van der Waals surface area contributed by atoms with E-state index in [1.807, 2.05) is 0 Å². The Morgan fingerprint density at radius 3 is 2.34 bits per heavy atom. The molecule has 4 heterocycles. The number of amides is 1. The Balaban J connectivity index is 0.000000298. The van der Waals surface area contributed by atoms with Crippen LogP contribution in [0, 0.1) is 0 Å². The lowest BCUT2D eigenvalue weighted by atomic mass is 9.88. The van der Waals surface area contributed by atoms with Crippen molar-refractivity contribution in [3.63, 3.8) is 0 Å². The molecule has 0 aliphatic carbocycles. The topological polar surface area (TPSA) is 79.3 Å². The summed E-state index contributed by atoms with van der Waals surface area (Å²) in [5.74, 6) is -2.39. The van der Waals surface area contributed by atoms with Crippen LogP contribution in [0.2, 0.25) is 0 Å². The summed E-state index contributed by atoms with van der Waals surface area (Å²) in [5.41, 5.74) is 0.00406. The van der Waals surface area contributed by atoms with Crippen molar-refractivity contribution in [2.45, 2.75) is 68.8 Å². The molecule has 0 saturated carbocycles. The number of aliphatic carboxylic acids is 1. The van der Waals surface area contributed by atoms with Gasteiger partial charge >= 0.3 is 12.1 Å². The lowest BCUT2D eigenvalue weighted by Gasteiger charge is -2.42. The molecule has 4 rings (SSSR count). The van der Waals surface area contributed by atoms with Crippen molar-refractivity contribution >= 4 is 11.9 Å². The zero-order valence-corrected chi connectivity index (χ0v) is 16.5. The number of carbonyl (C=O) groups is 2. The molecule has 29 heavy (non-hydrogen) atoms. The fourth-order valence-corrected chi connectivity index (χ4v) is 4.85. The summed E-state index contributed by atoms with van der Waals surface area (Å²) < 4.78 is 43.5. The van der Waals surface area contributed by atoms with Gasteiger partial charge < -0.3 is 19.5 Å². The van der Waals surface area contributed by atoms with Crippen LogP contribution in [0.15, 0.2) is 0 Å². The maximum Gasteiger partial charge on any atom is 0.490 e. The first-order valence-corrected chi connectivity index (χ1v) is 10.3. The summed E-state index contributed by atoms with van der Waals surface area (Å²) in [4.78, 5) is 25.7. The number of rotatable bonds is 2. The lowest BCUT2D eigenvalue weighted by molar-refractivity contribution is -0.192. The standard InChI is InChI=1S/C17H28N2O3.C2HF3O2/c20-16-2-1-7-19(16)15-5-11-22-17(12-15)6-8-18(13-17)14-3-9-21-10-4-14;3-2(4,5)1(6)7/h14-15H,1-13H2;(H,6,7)/t15-,17-;/m1./s1. The largest absolute Gasteiger partial charge is 0.490 e. The van der Waals surface area contributed by atoms with Crippen LogP contribution in [-0.4, -0.2) is 90.1 Å². The van der Waals surface area contributed by atoms with E-state index in [1.165, 1.54) is 0 Å². The molecule has 1 amide bonds. The van der Waals surface area contributed by atoms with Crippen LogP contribution in [-0.2, 0) is 19.1 Å². The van der Waals surface area contributed by atoms with Gasteiger partial charge in [0.15, 0.2) is 0 Å². The molecule has 0 radical (unpaired) electrons. The maximum absolute atomic E-state index is 12.0. The van der Waals surface area contributed by atoms with Gasteiger partial charge in [-0.2, -0.15) is 13.2 Å². The first kappa shape index (κ1) is 22.3. The highest BCUT2D eigenvalue weighted by atomic mass is 19.4. The van der Waals surface area contributed by atoms with Crippen molar-refractivity contribution < 1.29 is 37.3 Å². The molecule has 2 atom stereocenters. The molecule has 0 bridgehead atoms. The van der Waals surface area contributed by atoms with Crippen molar-refractivity contribution in [1.82, 2.24) is 9.80 Å². The Hall–Kier alpha value is -1.39. The molecular weight excluding hydrogens is 393 g/mol. The quantitative estimate of drug-likeness (QED) is 0.734. The predicted octanol–water partition coefficient (Wildman–Crippen LogP) is 2.04. The van der Waals surface area contributed by atoms with Gasteiger partial charge in [0.2, 0.25) is 5.91 Å². The van der Waals surface area contributed by atoms with E-state index in [2.05, 4.69) is 9.80 Å². The number of carboxylic acid groups (broad SMARTS) is 1. The molecule has 166 valence electrons. The highest BCUT2D eigenvalue weighted by Gasteiger charge is 2.47. The minimum Gasteiger partial charge on any atom is -0.475 e. The van der Waals surface area contributed by atoms with Crippen molar-refractivity contribution in [1.29, 1.82) is 0 Å². The van der Waals surface area contributed by atoms with E-state index >= 15 is 0 Å². The van der Waals surface area contributed by atoms with E-state index in [1.54, 1.807) is 0 Å². The summed E-state index contributed by atoms with van der Waals surface area (Å²) in [6.45, 7) is 5.78. The van der Waals surface area contributed by atoms with Crippen LogP contribution in [0.1, 0.15) is 44.9 Å². The molecule has 4 aliphatic rings. The van der Waals surface area contributed by atoms with Gasteiger partial charge in [-0.25, -0.2) is 4.79 Å². The van der Waals surface area contributed by atoms with Gasteiger partial charge in [0.1, 0.15) is 0 Å². The molecule has 10 heteroatoms. The number of likely N-dealkylation sites (tertiary alicyclic amines) is 2. The number of hydrogen-bond acceptors (Lipinski definition) is 5. The van der Waals surface area contributed by atoms with E-state index in [4.69, 9.17) is 19.4 Å². The molecule has 4 aliphatic heterocycles. The van der Waals surface area contributed by atoms with Crippen LogP contribution in [0.3, 0.4) is 0 Å². The van der Waals surface area contributed by atoms with Crippen LogP contribution in [0.4, 0.5) is 13.2 Å². The molecule has 4 saturated heterocycles. The fourth-order valence-electron chi connectivity index (χ4n) is 4.85. The molecule has 1 N–H and O–H groups in total. The molecule has 1 spiro atoms. The van der Waals surface area contributed by atoms with Crippen LogP contribution < -0.4 is 0 Å². The number of carbonyl (C=O) groups excluding carboxylic acids is 1. The summed E-state index contributed by atoms with van der Waals surface area (Å²) in [5, 5.41) is 7.12.